The molecule has 3 N–H and O–H groups in total. The lowest BCUT2D eigenvalue weighted by Crippen LogP contribution is -2.38. The second-order valence-electron chi connectivity index (χ2n) is 10.8. The largest absolute Gasteiger partial charge is 0.507 e. The Balaban J connectivity index is 1.88. The van der Waals surface area contributed by atoms with Gasteiger partial charge in [0, 0.05) is 16.8 Å². The first kappa shape index (κ1) is 25.0. The highest BCUT2D eigenvalue weighted by Crippen LogP contribution is 2.40. The number of hydrogen-bond donors (Lipinski definition) is 3. The Labute approximate surface area is 200 Å². The smallest absolute Gasteiger partial charge is 0.329 e. The molecule has 2 aromatic carbocycles. The summed E-state index contributed by atoms with van der Waals surface area (Å²) in [6.45, 7) is 13.5. The third-order valence-electron chi connectivity index (χ3n) is 5.63. The van der Waals surface area contributed by atoms with Crippen molar-refractivity contribution >= 4 is 29.6 Å². The van der Waals surface area contributed by atoms with E-state index in [9.17, 15) is 19.5 Å². The molecule has 7 heteroatoms. The molecule has 1 aliphatic heterocycles. The number of phenols is 1. The van der Waals surface area contributed by atoms with Crippen molar-refractivity contribution in [3.05, 3.63) is 64.3 Å². The fourth-order valence-corrected chi connectivity index (χ4v) is 3.83. The summed E-state index contributed by atoms with van der Waals surface area (Å²) in [7, 11) is 0. The van der Waals surface area contributed by atoms with Gasteiger partial charge in [0.1, 0.15) is 18.0 Å². The number of imide groups is 1. The summed E-state index contributed by atoms with van der Waals surface area (Å²) in [5.74, 6) is -0.810. The molecule has 1 saturated heterocycles. The lowest BCUT2D eigenvalue weighted by molar-refractivity contribution is -0.127. The number of benzene rings is 2. The predicted octanol–water partition coefficient (Wildman–Crippen LogP) is 4.83. The normalized spacial score (nSPS) is 15.6. The highest BCUT2D eigenvalue weighted by Gasteiger charge is 2.35. The standard InChI is InChI=1S/C27H33N3O4/c1-16-9-8-10-18(11-16)28-22(31)15-30-24(33)21(29-25(30)34)14-17-12-19(26(2,3)4)23(32)20(13-17)27(5,6)7/h8-14,32H,15H2,1-7H3,(H,28,31)(H,29,34)/b21-14-. The van der Waals surface area contributed by atoms with Crippen LogP contribution >= 0.6 is 0 Å². The lowest BCUT2D eigenvalue weighted by Gasteiger charge is -2.28. The Morgan fingerprint density at radius 1 is 1.03 bits per heavy atom. The number of carbonyl (C=O) groups is 3. The first-order valence-electron chi connectivity index (χ1n) is 11.3. The Kier molecular flexibility index (Phi) is 6.60. The fraction of sp³-hybridized carbons (Fsp3) is 0.370. The van der Waals surface area contributed by atoms with Crippen molar-refractivity contribution in [1.29, 1.82) is 0 Å². The van der Waals surface area contributed by atoms with Crippen molar-refractivity contribution in [3.8, 4) is 5.75 Å². The van der Waals surface area contributed by atoms with Crippen LogP contribution in [0.2, 0.25) is 0 Å². The molecule has 34 heavy (non-hydrogen) atoms. The van der Waals surface area contributed by atoms with Crippen LogP contribution in [0.1, 0.15) is 63.8 Å². The van der Waals surface area contributed by atoms with E-state index in [1.807, 2.05) is 72.7 Å². The summed E-state index contributed by atoms with van der Waals surface area (Å²) < 4.78 is 0. The molecule has 0 radical (unpaired) electrons. The molecule has 0 bridgehead atoms. The number of carbonyl (C=O) groups excluding carboxylic acids is 3. The van der Waals surface area contributed by atoms with E-state index in [1.54, 1.807) is 18.2 Å². The number of nitrogens with one attached hydrogen (secondary N) is 2. The maximum atomic E-state index is 12.9. The van der Waals surface area contributed by atoms with Crippen LogP contribution in [-0.4, -0.2) is 34.4 Å². The monoisotopic (exact) mass is 463 g/mol. The van der Waals surface area contributed by atoms with Crippen molar-refractivity contribution in [2.75, 3.05) is 11.9 Å². The minimum Gasteiger partial charge on any atom is -0.507 e. The molecule has 7 nitrogen and oxygen atoms in total. The third kappa shape index (κ3) is 5.47. The van der Waals surface area contributed by atoms with Crippen molar-refractivity contribution < 1.29 is 19.5 Å². The van der Waals surface area contributed by atoms with Crippen molar-refractivity contribution in [2.45, 2.75) is 59.3 Å². The Hall–Kier alpha value is -3.61. The van der Waals surface area contributed by atoms with E-state index in [-0.39, 0.29) is 22.3 Å². The van der Waals surface area contributed by atoms with Crippen LogP contribution in [-0.2, 0) is 20.4 Å². The molecule has 1 aliphatic rings. The molecule has 0 aliphatic carbocycles. The van der Waals surface area contributed by atoms with Gasteiger partial charge in [-0.1, -0.05) is 53.7 Å². The molecule has 0 unspecified atom stereocenters. The molecule has 0 atom stereocenters. The number of aryl methyl sites for hydroxylation is 1. The van der Waals surface area contributed by atoms with Crippen LogP contribution in [0.3, 0.4) is 0 Å². The van der Waals surface area contributed by atoms with Crippen LogP contribution in [0.15, 0.2) is 42.1 Å². The van der Waals surface area contributed by atoms with Crippen molar-refractivity contribution in [2.24, 2.45) is 0 Å². The number of rotatable bonds is 4. The van der Waals surface area contributed by atoms with Gasteiger partial charge < -0.3 is 15.7 Å². The second-order valence-corrected chi connectivity index (χ2v) is 10.8. The maximum absolute atomic E-state index is 12.9. The van der Waals surface area contributed by atoms with E-state index in [1.165, 1.54) is 0 Å². The van der Waals surface area contributed by atoms with Crippen LogP contribution in [0.5, 0.6) is 5.75 Å². The van der Waals surface area contributed by atoms with E-state index in [4.69, 9.17) is 0 Å². The van der Waals surface area contributed by atoms with Crippen LogP contribution in [0.4, 0.5) is 10.5 Å². The number of aromatic hydroxyl groups is 1. The molecule has 0 saturated carbocycles. The summed E-state index contributed by atoms with van der Waals surface area (Å²) in [5.41, 5.74) is 3.18. The number of urea groups is 1. The molecule has 0 spiro atoms. The van der Waals surface area contributed by atoms with Gasteiger partial charge in [-0.2, -0.15) is 0 Å². The van der Waals surface area contributed by atoms with Gasteiger partial charge in [0.2, 0.25) is 5.91 Å². The highest BCUT2D eigenvalue weighted by atomic mass is 16.3. The Bertz CT molecular complexity index is 1150. The number of hydrogen-bond acceptors (Lipinski definition) is 4. The molecule has 180 valence electrons. The van der Waals surface area contributed by atoms with Gasteiger partial charge in [-0.15, -0.1) is 0 Å². The first-order chi connectivity index (χ1) is 15.7. The Morgan fingerprint density at radius 2 is 1.62 bits per heavy atom. The first-order valence-corrected chi connectivity index (χ1v) is 11.3. The zero-order valence-corrected chi connectivity index (χ0v) is 20.9. The summed E-state index contributed by atoms with van der Waals surface area (Å²) >= 11 is 0. The maximum Gasteiger partial charge on any atom is 0.329 e. The lowest BCUT2D eigenvalue weighted by atomic mass is 9.78. The van der Waals surface area contributed by atoms with Crippen molar-refractivity contribution in [3.63, 3.8) is 0 Å². The number of amides is 4. The predicted molar refractivity (Wildman–Crippen MR) is 134 cm³/mol. The van der Waals surface area contributed by atoms with Crippen LogP contribution < -0.4 is 10.6 Å². The molecule has 3 rings (SSSR count). The van der Waals surface area contributed by atoms with E-state index >= 15 is 0 Å². The summed E-state index contributed by atoms with van der Waals surface area (Å²) in [5, 5.41) is 16.2. The molecular formula is C27H33N3O4. The molecule has 2 aromatic rings. The van der Waals surface area contributed by atoms with Gasteiger partial charge in [0.25, 0.3) is 5.91 Å². The van der Waals surface area contributed by atoms with Gasteiger partial charge in [-0.3, -0.25) is 9.59 Å². The average molecular weight is 464 g/mol. The highest BCUT2D eigenvalue weighted by molar-refractivity contribution is 6.16. The van der Waals surface area contributed by atoms with Gasteiger partial charge in [0.05, 0.1) is 0 Å². The van der Waals surface area contributed by atoms with E-state index < -0.39 is 24.4 Å². The van der Waals surface area contributed by atoms with Gasteiger partial charge in [0.15, 0.2) is 0 Å². The van der Waals surface area contributed by atoms with Crippen molar-refractivity contribution in [1.82, 2.24) is 10.2 Å². The zero-order valence-electron chi connectivity index (χ0n) is 20.9. The minimum absolute atomic E-state index is 0.0822. The zero-order chi connectivity index (χ0) is 25.4. The summed E-state index contributed by atoms with van der Waals surface area (Å²) in [4.78, 5) is 38.7. The minimum atomic E-state index is -0.651. The average Bonchev–Trinajstić information content (AvgIpc) is 2.94. The van der Waals surface area contributed by atoms with E-state index in [2.05, 4.69) is 10.6 Å². The molecule has 0 aromatic heterocycles. The van der Waals surface area contributed by atoms with Gasteiger partial charge >= 0.3 is 6.03 Å². The Morgan fingerprint density at radius 3 is 2.15 bits per heavy atom. The third-order valence-corrected chi connectivity index (χ3v) is 5.63. The SMILES string of the molecule is Cc1cccc(NC(=O)CN2C(=O)N/C(=C\c3cc(C(C)(C)C)c(O)c(C(C)(C)C)c3)C2=O)c1. The second kappa shape index (κ2) is 8.97. The molecule has 4 amide bonds. The molecule has 1 heterocycles. The molecule has 1 fully saturated rings. The molecular weight excluding hydrogens is 430 g/mol. The number of phenolic OH excluding ortho intramolecular Hbond substituents is 1. The van der Waals surface area contributed by atoms with Gasteiger partial charge in [-0.25, -0.2) is 9.69 Å². The van der Waals surface area contributed by atoms with E-state index in [0.717, 1.165) is 21.6 Å². The topological polar surface area (TPSA) is 98.7 Å². The summed E-state index contributed by atoms with van der Waals surface area (Å²) in [6, 6.07) is 10.3. The summed E-state index contributed by atoms with van der Waals surface area (Å²) in [6.07, 6.45) is 1.59. The van der Waals surface area contributed by atoms with Crippen LogP contribution in [0, 0.1) is 6.92 Å². The number of nitrogens with zero attached hydrogens (tertiary/aromatic N) is 1. The van der Waals surface area contributed by atoms with Gasteiger partial charge in [-0.05, 0) is 59.2 Å². The number of anilines is 1. The fourth-order valence-electron chi connectivity index (χ4n) is 3.83. The quantitative estimate of drug-likeness (QED) is 0.447. The van der Waals surface area contributed by atoms with Crippen LogP contribution in [0.25, 0.3) is 6.08 Å². The van der Waals surface area contributed by atoms with E-state index in [0.29, 0.717) is 11.3 Å².